The lowest BCUT2D eigenvalue weighted by molar-refractivity contribution is 0.198. The molecule has 0 aliphatic heterocycles. The number of hydrogen-bond donors (Lipinski definition) is 0. The summed E-state index contributed by atoms with van der Waals surface area (Å²) < 4.78 is 4.16. The van der Waals surface area contributed by atoms with Gasteiger partial charge in [-0.05, 0) is 0 Å². The zero-order valence-corrected chi connectivity index (χ0v) is 4.86. The van der Waals surface area contributed by atoms with Crippen molar-refractivity contribution in [3.63, 3.8) is 0 Å². The Morgan fingerprint density at radius 3 is 2.50 bits per heavy atom. The van der Waals surface area contributed by atoms with Gasteiger partial charge < -0.3 is 4.74 Å². The van der Waals surface area contributed by atoms with Crippen molar-refractivity contribution in [3.8, 4) is 0 Å². The first-order valence-electron chi connectivity index (χ1n) is 1.32. The molecule has 0 aromatic carbocycles. The molecule has 0 fully saturated rings. The molecule has 1 radical (unpaired) electrons. The number of ether oxygens (including phenoxy) is 1. The highest BCUT2D eigenvalue weighted by Crippen LogP contribution is 1.78. The van der Waals surface area contributed by atoms with E-state index in [0.717, 1.165) is 0 Å². The molecule has 0 saturated carbocycles. The first-order chi connectivity index (χ1) is 2.81. The largest absolute Gasteiger partial charge is 0.477 e. The Balaban J connectivity index is 2.99. The number of carbonyl (C=O) groups excluding carboxylic acids is 1. The Morgan fingerprint density at radius 1 is 2.00 bits per heavy atom. The molecule has 0 unspecified atom stereocenters. The molecule has 0 aliphatic rings. The molecule has 0 atom stereocenters. The summed E-state index contributed by atoms with van der Waals surface area (Å²) >= 11 is 2.78. The SMILES string of the molecule is COC(=O)[B]Br. The van der Waals surface area contributed by atoms with Crippen LogP contribution in [0.1, 0.15) is 0 Å². The molecule has 0 spiro atoms. The zero-order valence-electron chi connectivity index (χ0n) is 3.27. The second-order valence-corrected chi connectivity index (χ2v) is 1.09. The molecular formula is C2H3BBrO2. The minimum atomic E-state index is -0.366. The van der Waals surface area contributed by atoms with E-state index in [4.69, 9.17) is 0 Å². The first-order valence-corrected chi connectivity index (χ1v) is 2.24. The lowest BCUT2D eigenvalue weighted by atomic mass is 10.2. The fraction of sp³-hybridized carbons (Fsp3) is 0.500. The predicted octanol–water partition coefficient (Wildman–Crippen LogP) is 0.767. The third-order valence-electron chi connectivity index (χ3n) is 0.290. The first kappa shape index (κ1) is 6.01. The number of carbonyl (C=O) groups is 1. The van der Waals surface area contributed by atoms with Crippen molar-refractivity contribution in [1.29, 1.82) is 0 Å². The normalized spacial score (nSPS) is 7.00. The number of methoxy groups -OCH3 is 1. The van der Waals surface area contributed by atoms with Crippen LogP contribution >= 0.6 is 15.8 Å². The van der Waals surface area contributed by atoms with Crippen LogP contribution in [0.25, 0.3) is 0 Å². The second kappa shape index (κ2) is 3.21. The molecule has 0 aliphatic carbocycles. The number of rotatable bonds is 1. The molecule has 0 N–H and O–H groups in total. The van der Waals surface area contributed by atoms with Crippen LogP contribution in [0.2, 0.25) is 0 Å². The summed E-state index contributed by atoms with van der Waals surface area (Å²) in [5.41, 5.74) is 0. The fourth-order valence-corrected chi connectivity index (χ4v) is 0.231. The van der Waals surface area contributed by atoms with E-state index in [1.54, 1.807) is 0 Å². The molecule has 0 heterocycles. The molecule has 0 rings (SSSR count). The maximum atomic E-state index is 9.86. The molecule has 4 heteroatoms. The lowest BCUT2D eigenvalue weighted by Gasteiger charge is -1.85. The van der Waals surface area contributed by atoms with Crippen molar-refractivity contribution in [2.75, 3.05) is 7.11 Å². The van der Waals surface area contributed by atoms with Crippen LogP contribution in [0.5, 0.6) is 0 Å². The predicted molar refractivity (Wildman–Crippen MR) is 27.1 cm³/mol. The molecule has 0 amide bonds. The molecular weight excluding hydrogens is 147 g/mol. The maximum absolute atomic E-state index is 9.86. The highest BCUT2D eigenvalue weighted by molar-refractivity contribution is 9.24. The minimum Gasteiger partial charge on any atom is -0.477 e. The number of hydrogen-bond acceptors (Lipinski definition) is 2. The summed E-state index contributed by atoms with van der Waals surface area (Å²) in [7, 11) is 1.32. The molecule has 0 aromatic rings. The van der Waals surface area contributed by atoms with Crippen molar-refractivity contribution in [1.82, 2.24) is 0 Å². The fourth-order valence-electron chi connectivity index (χ4n) is 0.0445. The Labute approximate surface area is 45.1 Å². The Kier molecular flexibility index (Phi) is 3.22. The van der Waals surface area contributed by atoms with E-state index in [2.05, 4.69) is 20.5 Å². The number of halogens is 1. The smallest absolute Gasteiger partial charge is 0.350 e. The molecule has 6 heavy (non-hydrogen) atoms. The van der Waals surface area contributed by atoms with Crippen LogP contribution < -0.4 is 0 Å². The molecule has 0 aromatic heterocycles. The van der Waals surface area contributed by atoms with Crippen molar-refractivity contribution in [2.24, 2.45) is 0 Å². The Bertz CT molecular complexity index is 49.5. The quantitative estimate of drug-likeness (QED) is 0.515. The Morgan fingerprint density at radius 2 is 2.50 bits per heavy atom. The van der Waals surface area contributed by atoms with Gasteiger partial charge in [-0.3, -0.25) is 4.79 Å². The van der Waals surface area contributed by atoms with Gasteiger partial charge in [-0.25, -0.2) is 0 Å². The highest BCUT2D eigenvalue weighted by atomic mass is 79.9. The summed E-state index contributed by atoms with van der Waals surface area (Å²) in [6.45, 7) is 0. The van der Waals surface area contributed by atoms with Gasteiger partial charge in [0, 0.05) is 0 Å². The van der Waals surface area contributed by atoms with Gasteiger partial charge in [0.05, 0.1) is 7.11 Å². The van der Waals surface area contributed by atoms with Gasteiger partial charge in [-0.2, -0.15) is 0 Å². The van der Waals surface area contributed by atoms with Crippen LogP contribution in [0.15, 0.2) is 0 Å². The van der Waals surface area contributed by atoms with Gasteiger partial charge in [0.1, 0.15) is 0 Å². The van der Waals surface area contributed by atoms with Gasteiger partial charge in [0.2, 0.25) is 0 Å². The summed E-state index contributed by atoms with van der Waals surface area (Å²) in [6, 6.07) is 0. The minimum absolute atomic E-state index is 0.366. The molecule has 0 bridgehead atoms. The molecule has 2 nitrogen and oxygen atoms in total. The summed E-state index contributed by atoms with van der Waals surface area (Å²) in [4.78, 5) is 9.86. The maximum Gasteiger partial charge on any atom is 0.350 e. The van der Waals surface area contributed by atoms with Crippen LogP contribution in [-0.4, -0.2) is 19.1 Å². The summed E-state index contributed by atoms with van der Waals surface area (Å²) in [5, 5.41) is 0. The van der Waals surface area contributed by atoms with E-state index in [-0.39, 0.29) is 5.87 Å². The average molecular weight is 150 g/mol. The molecule has 0 saturated heterocycles. The third-order valence-corrected chi connectivity index (χ3v) is 0.664. The van der Waals surface area contributed by atoms with Crippen molar-refractivity contribution in [2.45, 2.75) is 0 Å². The van der Waals surface area contributed by atoms with Crippen molar-refractivity contribution < 1.29 is 9.53 Å². The average Bonchev–Trinajstić information content (AvgIpc) is 1.65. The van der Waals surface area contributed by atoms with E-state index in [0.29, 0.717) is 0 Å². The van der Waals surface area contributed by atoms with E-state index >= 15 is 0 Å². The van der Waals surface area contributed by atoms with Crippen LogP contribution in [0, 0.1) is 0 Å². The van der Waals surface area contributed by atoms with Crippen molar-refractivity contribution >= 4 is 27.7 Å². The van der Waals surface area contributed by atoms with Crippen LogP contribution in [0.4, 0.5) is 4.79 Å². The second-order valence-electron chi connectivity index (χ2n) is 0.632. The monoisotopic (exact) mass is 149 g/mol. The van der Waals surface area contributed by atoms with Gasteiger partial charge in [-0.1, -0.05) is 0 Å². The van der Waals surface area contributed by atoms with Gasteiger partial charge >= 0.3 is 6.10 Å². The summed E-state index contributed by atoms with van der Waals surface area (Å²) in [5.74, 6) is -0.366. The van der Waals surface area contributed by atoms with E-state index in [9.17, 15) is 4.79 Å². The van der Waals surface area contributed by atoms with E-state index < -0.39 is 0 Å². The van der Waals surface area contributed by atoms with Crippen LogP contribution in [-0.2, 0) is 4.74 Å². The van der Waals surface area contributed by atoms with Crippen LogP contribution in [0.3, 0.4) is 0 Å². The van der Waals surface area contributed by atoms with Gasteiger partial charge in [-0.15, -0.1) is 15.8 Å². The summed E-state index contributed by atoms with van der Waals surface area (Å²) in [6.07, 6.45) is 1.17. The highest BCUT2D eigenvalue weighted by Gasteiger charge is 1.93. The lowest BCUT2D eigenvalue weighted by Crippen LogP contribution is -2.00. The van der Waals surface area contributed by atoms with Crippen molar-refractivity contribution in [3.05, 3.63) is 0 Å². The Hall–Kier alpha value is 0.0149. The van der Waals surface area contributed by atoms with Gasteiger partial charge in [0.15, 0.2) is 0 Å². The van der Waals surface area contributed by atoms with E-state index in [1.807, 2.05) is 0 Å². The molecule has 33 valence electrons. The van der Waals surface area contributed by atoms with E-state index in [1.165, 1.54) is 13.2 Å². The van der Waals surface area contributed by atoms with Gasteiger partial charge in [0.25, 0.3) is 5.87 Å². The standard InChI is InChI=1S/C2H3BBrO2/c1-6-2(5)3-4/h1H3. The third kappa shape index (κ3) is 2.26. The zero-order chi connectivity index (χ0) is 4.99. The topological polar surface area (TPSA) is 26.3 Å².